The first-order valence-electron chi connectivity index (χ1n) is 6.67. The van der Waals surface area contributed by atoms with Gasteiger partial charge in [-0.15, -0.1) is 0 Å². The van der Waals surface area contributed by atoms with E-state index < -0.39 is 11.9 Å². The van der Waals surface area contributed by atoms with E-state index in [1.807, 2.05) is 6.07 Å². The highest BCUT2D eigenvalue weighted by Gasteiger charge is 2.40. The first-order valence-corrected chi connectivity index (χ1v) is 6.67. The summed E-state index contributed by atoms with van der Waals surface area (Å²) in [6.45, 7) is 3.25. The number of hydrogen-bond donors (Lipinski definition) is 2. The Morgan fingerprint density at radius 2 is 2.00 bits per heavy atom. The Morgan fingerprint density at radius 3 is 2.62 bits per heavy atom. The molecule has 1 aromatic rings. The molecule has 6 heteroatoms. The first kappa shape index (κ1) is 15.6. The Bertz CT molecular complexity index is 603. The quantitative estimate of drug-likeness (QED) is 0.794. The van der Waals surface area contributed by atoms with Crippen molar-refractivity contribution in [3.63, 3.8) is 0 Å². The number of nitrogens with zero attached hydrogens (tertiary/aromatic N) is 2. The summed E-state index contributed by atoms with van der Waals surface area (Å²) in [6.07, 6.45) is -0.370. The zero-order chi connectivity index (χ0) is 15.5. The van der Waals surface area contributed by atoms with Crippen molar-refractivity contribution >= 4 is 0 Å². The van der Waals surface area contributed by atoms with Crippen molar-refractivity contribution in [2.24, 2.45) is 0 Å². The van der Waals surface area contributed by atoms with Crippen molar-refractivity contribution in [1.82, 2.24) is 4.57 Å². The molecular formula is C15H18N2O4. The largest absolute Gasteiger partial charge is 0.394 e. The molecule has 0 bridgehead atoms. The SMILES string of the molecule is CC1(C)O[C@@H](CC#Cn2c(C#N)ccc2CO)[C@@H](CO)O1. The van der Waals surface area contributed by atoms with Gasteiger partial charge in [-0.25, -0.2) is 0 Å². The van der Waals surface area contributed by atoms with Gasteiger partial charge in [-0.1, -0.05) is 5.92 Å². The molecule has 2 rings (SSSR count). The first-order chi connectivity index (χ1) is 10.0. The molecular weight excluding hydrogens is 272 g/mol. The summed E-state index contributed by atoms with van der Waals surface area (Å²) in [5, 5.41) is 27.5. The molecule has 6 nitrogen and oxygen atoms in total. The standard InChI is InChI=1S/C15H18N2O4/c1-15(2)20-13(14(10-19)21-15)4-3-7-17-11(8-16)5-6-12(17)9-18/h5-6,13-14,18-19H,4,9-10H2,1-2H3/t13-,14+/m0/s1. The average molecular weight is 290 g/mol. The average Bonchev–Trinajstić information content (AvgIpc) is 2.98. The molecule has 0 amide bonds. The zero-order valence-corrected chi connectivity index (χ0v) is 12.0. The van der Waals surface area contributed by atoms with Crippen molar-refractivity contribution < 1.29 is 19.7 Å². The van der Waals surface area contributed by atoms with E-state index in [4.69, 9.17) is 14.7 Å². The molecule has 2 heterocycles. The zero-order valence-electron chi connectivity index (χ0n) is 12.0. The fraction of sp³-hybridized carbons (Fsp3) is 0.533. The van der Waals surface area contributed by atoms with Crippen LogP contribution in [0.5, 0.6) is 0 Å². The minimum Gasteiger partial charge on any atom is -0.394 e. The summed E-state index contributed by atoms with van der Waals surface area (Å²) < 4.78 is 12.7. The molecule has 0 saturated carbocycles. The molecule has 1 fully saturated rings. The van der Waals surface area contributed by atoms with Crippen molar-refractivity contribution in [2.45, 2.75) is 44.9 Å². The molecule has 1 aliphatic rings. The van der Waals surface area contributed by atoms with Crippen LogP contribution in [0.25, 0.3) is 0 Å². The van der Waals surface area contributed by atoms with Crippen LogP contribution >= 0.6 is 0 Å². The van der Waals surface area contributed by atoms with Gasteiger partial charge in [0.1, 0.15) is 24.0 Å². The van der Waals surface area contributed by atoms with Gasteiger partial charge in [0, 0.05) is 12.5 Å². The van der Waals surface area contributed by atoms with Crippen LogP contribution in [0.4, 0.5) is 0 Å². The Kier molecular flexibility index (Phi) is 4.66. The molecule has 112 valence electrons. The van der Waals surface area contributed by atoms with E-state index in [0.717, 1.165) is 0 Å². The summed E-state index contributed by atoms with van der Waals surface area (Å²) >= 11 is 0. The van der Waals surface area contributed by atoms with Gasteiger partial charge in [-0.2, -0.15) is 5.26 Å². The third kappa shape index (κ3) is 3.44. The number of hydrogen-bond acceptors (Lipinski definition) is 5. The Balaban J connectivity index is 2.11. The van der Waals surface area contributed by atoms with E-state index in [-0.39, 0.29) is 19.3 Å². The van der Waals surface area contributed by atoms with Crippen LogP contribution in [0.3, 0.4) is 0 Å². The van der Waals surface area contributed by atoms with Crippen LogP contribution < -0.4 is 0 Å². The highest BCUT2D eigenvalue weighted by atomic mass is 16.8. The topological polar surface area (TPSA) is 87.6 Å². The van der Waals surface area contributed by atoms with Crippen molar-refractivity contribution in [3.05, 3.63) is 23.5 Å². The lowest BCUT2D eigenvalue weighted by Gasteiger charge is -2.16. The normalized spacial score (nSPS) is 23.4. The molecule has 0 aliphatic carbocycles. The van der Waals surface area contributed by atoms with Gasteiger partial charge in [-0.05, 0) is 26.0 Å². The van der Waals surface area contributed by atoms with E-state index in [2.05, 4.69) is 12.0 Å². The van der Waals surface area contributed by atoms with Crippen LogP contribution in [-0.2, 0) is 16.1 Å². The molecule has 0 unspecified atom stereocenters. The van der Waals surface area contributed by atoms with Crippen molar-refractivity contribution in [2.75, 3.05) is 6.61 Å². The molecule has 0 aromatic carbocycles. The van der Waals surface area contributed by atoms with Crippen LogP contribution in [0, 0.1) is 23.3 Å². The second-order valence-corrected chi connectivity index (χ2v) is 5.20. The highest BCUT2D eigenvalue weighted by Crippen LogP contribution is 2.29. The molecule has 0 spiro atoms. The van der Waals surface area contributed by atoms with Crippen molar-refractivity contribution in [3.8, 4) is 18.0 Å². The van der Waals surface area contributed by atoms with Gasteiger partial charge < -0.3 is 19.7 Å². The molecule has 1 saturated heterocycles. The molecule has 21 heavy (non-hydrogen) atoms. The summed E-state index contributed by atoms with van der Waals surface area (Å²) in [5.74, 6) is 2.18. The number of aliphatic hydroxyl groups is 2. The van der Waals surface area contributed by atoms with Crippen LogP contribution in [0.15, 0.2) is 12.1 Å². The predicted molar refractivity (Wildman–Crippen MR) is 73.8 cm³/mol. The van der Waals surface area contributed by atoms with Gasteiger partial charge in [0.05, 0.1) is 18.9 Å². The van der Waals surface area contributed by atoms with Gasteiger partial charge in [0.15, 0.2) is 5.79 Å². The Morgan fingerprint density at radius 1 is 1.29 bits per heavy atom. The number of ether oxygens (including phenoxy) is 2. The molecule has 2 atom stereocenters. The van der Waals surface area contributed by atoms with E-state index in [9.17, 15) is 10.2 Å². The number of aromatic nitrogens is 1. The highest BCUT2D eigenvalue weighted by molar-refractivity contribution is 5.32. The van der Waals surface area contributed by atoms with Gasteiger partial charge >= 0.3 is 0 Å². The second-order valence-electron chi connectivity index (χ2n) is 5.20. The molecule has 0 radical (unpaired) electrons. The molecule has 2 N–H and O–H groups in total. The summed E-state index contributed by atoms with van der Waals surface area (Å²) in [7, 11) is 0. The van der Waals surface area contributed by atoms with Crippen LogP contribution in [0.1, 0.15) is 31.7 Å². The summed E-state index contributed by atoms with van der Waals surface area (Å²) in [6, 6.07) is 8.11. The minimum absolute atomic E-state index is 0.134. The van der Waals surface area contributed by atoms with E-state index in [1.165, 1.54) is 4.57 Å². The number of rotatable bonds is 3. The maximum Gasteiger partial charge on any atom is 0.163 e. The maximum absolute atomic E-state index is 9.28. The fourth-order valence-electron chi connectivity index (χ4n) is 2.28. The van der Waals surface area contributed by atoms with Gasteiger partial charge in [0.25, 0.3) is 0 Å². The lowest BCUT2D eigenvalue weighted by atomic mass is 10.1. The van der Waals surface area contributed by atoms with Crippen LogP contribution in [-0.4, -0.2) is 39.4 Å². The number of aliphatic hydroxyl groups excluding tert-OH is 2. The van der Waals surface area contributed by atoms with E-state index in [1.54, 1.807) is 26.0 Å². The molecule has 1 aromatic heterocycles. The summed E-state index contributed by atoms with van der Waals surface area (Å²) in [4.78, 5) is 0. The third-order valence-electron chi connectivity index (χ3n) is 3.20. The molecule has 1 aliphatic heterocycles. The van der Waals surface area contributed by atoms with Gasteiger partial charge in [-0.3, -0.25) is 4.57 Å². The predicted octanol–water partition coefficient (Wildman–Crippen LogP) is 0.564. The van der Waals surface area contributed by atoms with E-state index in [0.29, 0.717) is 17.8 Å². The fourth-order valence-corrected chi connectivity index (χ4v) is 2.28. The maximum atomic E-state index is 9.28. The number of nitriles is 1. The lowest BCUT2D eigenvalue weighted by Crippen LogP contribution is -2.25. The minimum atomic E-state index is -0.735. The van der Waals surface area contributed by atoms with Crippen LogP contribution in [0.2, 0.25) is 0 Å². The summed E-state index contributed by atoms with van der Waals surface area (Å²) in [5.41, 5.74) is 0.927. The third-order valence-corrected chi connectivity index (χ3v) is 3.20. The van der Waals surface area contributed by atoms with Gasteiger partial charge in [0.2, 0.25) is 0 Å². The van der Waals surface area contributed by atoms with Crippen molar-refractivity contribution in [1.29, 1.82) is 5.26 Å². The van der Waals surface area contributed by atoms with E-state index >= 15 is 0 Å². The Labute approximate surface area is 123 Å². The Hall–Kier alpha value is -1.83. The second kappa shape index (κ2) is 6.30. The lowest BCUT2D eigenvalue weighted by molar-refractivity contribution is -0.148. The monoisotopic (exact) mass is 290 g/mol. The smallest absolute Gasteiger partial charge is 0.163 e.